The lowest BCUT2D eigenvalue weighted by Gasteiger charge is -2.23. The summed E-state index contributed by atoms with van der Waals surface area (Å²) in [6.45, 7) is 4.25. The van der Waals surface area contributed by atoms with E-state index in [0.717, 1.165) is 22.2 Å². The maximum Gasteiger partial charge on any atom is 0.194 e. The number of halogens is 2. The largest absolute Gasteiger partial charge is 0.486 e. The van der Waals surface area contributed by atoms with Crippen molar-refractivity contribution in [2.24, 2.45) is 4.99 Å². The fourth-order valence-electron chi connectivity index (χ4n) is 2.83. The second-order valence-electron chi connectivity index (χ2n) is 6.41. The first kappa shape index (κ1) is 24.0. The molecule has 1 N–H and O–H groups in total. The summed E-state index contributed by atoms with van der Waals surface area (Å²) in [7, 11) is 5.42. The number of nitrogens with zero attached hydrogens (tertiary/aromatic N) is 3. The Labute approximate surface area is 197 Å². The molecular formula is C19H26ClIN4O3S. The quantitative estimate of drug-likeness (QED) is 0.331. The van der Waals surface area contributed by atoms with Gasteiger partial charge in [-0.05, 0) is 24.6 Å². The molecule has 0 fully saturated rings. The van der Waals surface area contributed by atoms with Gasteiger partial charge in [-0.2, -0.15) is 0 Å². The third-order valence-electron chi connectivity index (χ3n) is 4.35. The van der Waals surface area contributed by atoms with Crippen LogP contribution in [0.5, 0.6) is 11.5 Å². The Morgan fingerprint density at radius 1 is 1.41 bits per heavy atom. The summed E-state index contributed by atoms with van der Waals surface area (Å²) < 4.78 is 16.5. The van der Waals surface area contributed by atoms with E-state index in [2.05, 4.69) is 20.7 Å². The van der Waals surface area contributed by atoms with Crippen LogP contribution in [0.3, 0.4) is 0 Å². The number of aliphatic imine (C=N–C) groups is 1. The maximum absolute atomic E-state index is 6.32. The lowest BCUT2D eigenvalue weighted by atomic mass is 10.2. The summed E-state index contributed by atoms with van der Waals surface area (Å²) in [6, 6.07) is 3.83. The molecule has 1 aromatic heterocycles. The molecule has 0 radical (unpaired) electrons. The van der Waals surface area contributed by atoms with Crippen LogP contribution in [0.4, 0.5) is 0 Å². The fraction of sp³-hybridized carbons (Fsp3) is 0.474. The number of ether oxygens (including phenoxy) is 3. The second kappa shape index (κ2) is 11.2. The van der Waals surface area contributed by atoms with Crippen LogP contribution in [0.25, 0.3) is 0 Å². The Kier molecular flexibility index (Phi) is 9.25. The van der Waals surface area contributed by atoms with Gasteiger partial charge in [-0.3, -0.25) is 4.99 Å². The molecule has 7 nitrogen and oxygen atoms in total. The second-order valence-corrected chi connectivity index (χ2v) is 7.71. The highest BCUT2D eigenvalue weighted by atomic mass is 127. The van der Waals surface area contributed by atoms with Gasteiger partial charge < -0.3 is 24.4 Å². The van der Waals surface area contributed by atoms with Gasteiger partial charge >= 0.3 is 0 Å². The van der Waals surface area contributed by atoms with Crippen LogP contribution in [-0.4, -0.2) is 50.3 Å². The number of hydrogen-bond donors (Lipinski definition) is 1. The van der Waals surface area contributed by atoms with Gasteiger partial charge in [-0.25, -0.2) is 4.98 Å². The molecule has 1 aliphatic rings. The highest BCUT2D eigenvalue weighted by Gasteiger charge is 2.17. The molecular weight excluding hydrogens is 527 g/mol. The lowest BCUT2D eigenvalue weighted by molar-refractivity contribution is 0.119. The van der Waals surface area contributed by atoms with Crippen molar-refractivity contribution in [3.63, 3.8) is 0 Å². The molecule has 0 bridgehead atoms. The van der Waals surface area contributed by atoms with Crippen LogP contribution in [0.1, 0.15) is 29.3 Å². The first-order valence-corrected chi connectivity index (χ1v) is 10.2. The summed E-state index contributed by atoms with van der Waals surface area (Å²) in [6.07, 6.45) is 0.00134. The summed E-state index contributed by atoms with van der Waals surface area (Å²) in [4.78, 5) is 11.0. The maximum atomic E-state index is 6.32. The van der Waals surface area contributed by atoms with Crippen LogP contribution in [-0.2, 0) is 17.8 Å². The third kappa shape index (κ3) is 6.09. The van der Waals surface area contributed by atoms with Crippen LogP contribution >= 0.6 is 46.9 Å². The molecule has 1 unspecified atom stereocenters. The van der Waals surface area contributed by atoms with Crippen molar-refractivity contribution in [2.45, 2.75) is 26.1 Å². The summed E-state index contributed by atoms with van der Waals surface area (Å²) in [5, 5.41) is 6.93. The first-order valence-electron chi connectivity index (χ1n) is 8.98. The Morgan fingerprint density at radius 2 is 2.17 bits per heavy atom. The molecule has 160 valence electrons. The predicted octanol–water partition coefficient (Wildman–Crippen LogP) is 4.10. The highest BCUT2D eigenvalue weighted by Crippen LogP contribution is 2.38. The number of nitrogens with one attached hydrogen (secondary N) is 1. The van der Waals surface area contributed by atoms with Crippen molar-refractivity contribution in [3.05, 3.63) is 38.8 Å². The molecule has 0 spiro atoms. The normalized spacial score (nSPS) is 14.2. The van der Waals surface area contributed by atoms with Crippen molar-refractivity contribution < 1.29 is 14.2 Å². The Morgan fingerprint density at radius 3 is 2.90 bits per heavy atom. The molecule has 2 heterocycles. The molecule has 29 heavy (non-hydrogen) atoms. The van der Waals surface area contributed by atoms with Crippen LogP contribution in [0.15, 0.2) is 22.5 Å². The topological polar surface area (TPSA) is 68.2 Å². The fourth-order valence-corrected chi connectivity index (χ4v) is 3.96. The number of benzene rings is 1. The number of hydrogen-bond acceptors (Lipinski definition) is 6. The highest BCUT2D eigenvalue weighted by molar-refractivity contribution is 14.0. The van der Waals surface area contributed by atoms with Gasteiger partial charge in [0.05, 0.1) is 17.3 Å². The van der Waals surface area contributed by atoms with Crippen LogP contribution < -0.4 is 14.8 Å². The minimum atomic E-state index is 0. The van der Waals surface area contributed by atoms with Gasteiger partial charge in [0.25, 0.3) is 0 Å². The summed E-state index contributed by atoms with van der Waals surface area (Å²) in [5.41, 5.74) is 1.98. The summed E-state index contributed by atoms with van der Waals surface area (Å²) in [5.74, 6) is 2.06. The zero-order valence-corrected chi connectivity index (χ0v) is 20.8. The van der Waals surface area contributed by atoms with Crippen molar-refractivity contribution in [1.29, 1.82) is 0 Å². The lowest BCUT2D eigenvalue weighted by Crippen LogP contribution is -2.38. The number of guanidine groups is 1. The molecule has 0 saturated heterocycles. The number of aromatic nitrogens is 1. The molecule has 10 heteroatoms. The first-order chi connectivity index (χ1) is 13.5. The molecule has 0 saturated carbocycles. The van der Waals surface area contributed by atoms with E-state index in [1.54, 1.807) is 25.5 Å². The van der Waals surface area contributed by atoms with Crippen molar-refractivity contribution in [1.82, 2.24) is 15.2 Å². The minimum Gasteiger partial charge on any atom is -0.486 e. The smallest absolute Gasteiger partial charge is 0.194 e. The van der Waals surface area contributed by atoms with Crippen molar-refractivity contribution in [2.75, 3.05) is 34.4 Å². The number of methoxy groups -OCH3 is 1. The molecule has 0 aliphatic carbocycles. The minimum absolute atomic E-state index is 0. The van der Waals surface area contributed by atoms with Gasteiger partial charge in [0.15, 0.2) is 17.5 Å². The van der Waals surface area contributed by atoms with Gasteiger partial charge in [0.2, 0.25) is 0 Å². The van der Waals surface area contributed by atoms with E-state index in [0.29, 0.717) is 42.8 Å². The Balaban J connectivity index is 0.00000300. The summed E-state index contributed by atoms with van der Waals surface area (Å²) >= 11 is 7.92. The average molecular weight is 553 g/mol. The third-order valence-corrected chi connectivity index (χ3v) is 5.69. The molecule has 1 aromatic carbocycles. The van der Waals surface area contributed by atoms with Gasteiger partial charge in [0.1, 0.15) is 24.3 Å². The van der Waals surface area contributed by atoms with Crippen LogP contribution in [0.2, 0.25) is 5.02 Å². The molecule has 3 rings (SSSR count). The SMILES string of the molecule is CN=C(NCc1cc(Cl)c2c(c1)OCCO2)N(C)Cc1csc(C(C)OC)n1.I. The Bertz CT molecular complexity index is 849. The van der Waals surface area contributed by atoms with Crippen molar-refractivity contribution in [3.8, 4) is 11.5 Å². The van der Waals surface area contributed by atoms with E-state index in [1.165, 1.54) is 0 Å². The average Bonchev–Trinajstić information content (AvgIpc) is 3.16. The van der Waals surface area contributed by atoms with Crippen LogP contribution in [0, 0.1) is 0 Å². The van der Waals surface area contributed by atoms with E-state index in [9.17, 15) is 0 Å². The van der Waals surface area contributed by atoms with E-state index < -0.39 is 0 Å². The zero-order valence-electron chi connectivity index (χ0n) is 16.9. The molecule has 0 amide bonds. The number of rotatable bonds is 6. The molecule has 2 aromatic rings. The monoisotopic (exact) mass is 552 g/mol. The Hall–Kier alpha value is -1.30. The van der Waals surface area contributed by atoms with Gasteiger partial charge in [0, 0.05) is 33.1 Å². The van der Waals surface area contributed by atoms with E-state index in [4.69, 9.17) is 25.8 Å². The van der Waals surface area contributed by atoms with Gasteiger partial charge in [-0.15, -0.1) is 35.3 Å². The predicted molar refractivity (Wildman–Crippen MR) is 127 cm³/mol. The van der Waals surface area contributed by atoms with E-state index in [-0.39, 0.29) is 30.1 Å². The molecule has 1 atom stereocenters. The number of fused-ring (bicyclic) bond motifs is 1. The standard InChI is InChI=1S/C19H25ClN4O3S.HI/c1-12(25-4)18-23-14(11-28-18)10-24(3)19(21-2)22-9-13-7-15(20)17-16(8-13)26-5-6-27-17;/h7-8,11-12H,5-6,9-10H2,1-4H3,(H,21,22);1H. The van der Waals surface area contributed by atoms with E-state index >= 15 is 0 Å². The molecule has 1 aliphatic heterocycles. The zero-order chi connectivity index (χ0) is 20.1. The number of thiazole rings is 1. The van der Waals surface area contributed by atoms with E-state index in [1.807, 2.05) is 31.0 Å². The van der Waals surface area contributed by atoms with Crippen molar-refractivity contribution >= 4 is 52.9 Å². The van der Waals surface area contributed by atoms with Gasteiger partial charge in [-0.1, -0.05) is 11.6 Å².